The van der Waals surface area contributed by atoms with Crippen molar-refractivity contribution in [3.05, 3.63) is 0 Å². The van der Waals surface area contributed by atoms with Gasteiger partial charge >= 0.3 is 0 Å². The van der Waals surface area contributed by atoms with Crippen molar-refractivity contribution in [1.82, 2.24) is 0 Å². The fourth-order valence-electron chi connectivity index (χ4n) is 0.473. The summed E-state index contributed by atoms with van der Waals surface area (Å²) in [7, 11) is 3.92. The monoisotopic (exact) mass is 198 g/mol. The molecule has 1 unspecified atom stereocenters. The molecule has 0 aromatic carbocycles. The van der Waals surface area contributed by atoms with Gasteiger partial charge in [-0.3, -0.25) is 0 Å². The van der Waals surface area contributed by atoms with Gasteiger partial charge in [-0.25, -0.2) is 0 Å². The SMILES string of the molecule is BrC1CCCSS1. The third-order valence-electron chi connectivity index (χ3n) is 0.831. The molecule has 0 bridgehead atoms. The maximum atomic E-state index is 3.53. The summed E-state index contributed by atoms with van der Waals surface area (Å²) in [6.45, 7) is 0. The minimum atomic E-state index is 0.728. The van der Waals surface area contributed by atoms with Crippen molar-refractivity contribution in [3.8, 4) is 0 Å². The summed E-state index contributed by atoms with van der Waals surface area (Å²) < 4.78 is 0.728. The van der Waals surface area contributed by atoms with Crippen LogP contribution in [0.2, 0.25) is 0 Å². The van der Waals surface area contributed by atoms with Crippen LogP contribution < -0.4 is 0 Å². The van der Waals surface area contributed by atoms with Gasteiger partial charge in [-0.1, -0.05) is 37.5 Å². The van der Waals surface area contributed by atoms with Crippen molar-refractivity contribution >= 4 is 37.5 Å². The predicted molar refractivity (Wildman–Crippen MR) is 42.0 cm³/mol. The van der Waals surface area contributed by atoms with Crippen molar-refractivity contribution in [2.45, 2.75) is 17.0 Å². The zero-order valence-corrected chi connectivity index (χ0v) is 7.11. The normalized spacial score (nSPS) is 33.0. The van der Waals surface area contributed by atoms with Crippen LogP contribution in [0.25, 0.3) is 0 Å². The molecule has 7 heavy (non-hydrogen) atoms. The summed E-state index contributed by atoms with van der Waals surface area (Å²) in [5, 5.41) is 0. The molecule has 1 aliphatic rings. The van der Waals surface area contributed by atoms with Gasteiger partial charge in [0.25, 0.3) is 0 Å². The maximum absolute atomic E-state index is 3.53. The molecule has 3 heteroatoms. The van der Waals surface area contributed by atoms with Gasteiger partial charge in [-0.2, -0.15) is 0 Å². The second-order valence-electron chi connectivity index (χ2n) is 1.47. The fourth-order valence-corrected chi connectivity index (χ4v) is 3.93. The number of hydrogen-bond donors (Lipinski definition) is 0. The average molecular weight is 199 g/mol. The molecule has 1 atom stereocenters. The van der Waals surface area contributed by atoms with Crippen molar-refractivity contribution in [2.24, 2.45) is 0 Å². The molecule has 0 radical (unpaired) electrons. The van der Waals surface area contributed by atoms with Crippen LogP contribution >= 0.6 is 37.5 Å². The standard InChI is InChI=1S/C4H7BrS2/c5-4-2-1-3-6-7-4/h4H,1-3H2. The molecule has 1 saturated heterocycles. The predicted octanol–water partition coefficient (Wildman–Crippen LogP) is 2.88. The lowest BCUT2D eigenvalue weighted by Crippen LogP contribution is -1.95. The molecule has 42 valence electrons. The van der Waals surface area contributed by atoms with Crippen LogP contribution in [-0.2, 0) is 0 Å². The molecule has 0 aliphatic carbocycles. The van der Waals surface area contributed by atoms with E-state index in [4.69, 9.17) is 0 Å². The number of rotatable bonds is 0. The molecular weight excluding hydrogens is 192 g/mol. The van der Waals surface area contributed by atoms with E-state index in [1.807, 2.05) is 21.6 Å². The third-order valence-corrected chi connectivity index (χ3v) is 5.23. The molecule has 1 heterocycles. The Morgan fingerprint density at radius 3 is 2.71 bits per heavy atom. The lowest BCUT2D eigenvalue weighted by Gasteiger charge is -2.12. The summed E-state index contributed by atoms with van der Waals surface area (Å²) in [4.78, 5) is 0. The van der Waals surface area contributed by atoms with E-state index in [1.165, 1.54) is 18.6 Å². The topological polar surface area (TPSA) is 0 Å². The number of alkyl halides is 1. The summed E-state index contributed by atoms with van der Waals surface area (Å²) in [6, 6.07) is 0. The first-order valence-corrected chi connectivity index (χ1v) is 5.62. The van der Waals surface area contributed by atoms with Crippen LogP contribution in [0.5, 0.6) is 0 Å². The quantitative estimate of drug-likeness (QED) is 0.434. The molecule has 0 aromatic heterocycles. The largest absolute Gasteiger partial charge is 0.0930 e. The van der Waals surface area contributed by atoms with Crippen molar-refractivity contribution in [3.63, 3.8) is 0 Å². The Morgan fingerprint density at radius 2 is 2.43 bits per heavy atom. The fraction of sp³-hybridized carbons (Fsp3) is 1.00. The Morgan fingerprint density at radius 1 is 1.57 bits per heavy atom. The molecule has 0 spiro atoms. The van der Waals surface area contributed by atoms with E-state index in [0.29, 0.717) is 0 Å². The Hall–Kier alpha value is 1.18. The van der Waals surface area contributed by atoms with Gasteiger partial charge < -0.3 is 0 Å². The number of hydrogen-bond acceptors (Lipinski definition) is 2. The minimum Gasteiger partial charge on any atom is -0.0930 e. The van der Waals surface area contributed by atoms with Gasteiger partial charge in [-0.05, 0) is 12.8 Å². The van der Waals surface area contributed by atoms with Gasteiger partial charge in [0.2, 0.25) is 0 Å². The highest BCUT2D eigenvalue weighted by molar-refractivity contribution is 9.13. The van der Waals surface area contributed by atoms with E-state index in [0.717, 1.165) is 4.16 Å². The second kappa shape index (κ2) is 3.25. The highest BCUT2D eigenvalue weighted by Gasteiger charge is 2.09. The zero-order chi connectivity index (χ0) is 5.11. The Balaban J connectivity index is 2.12. The smallest absolute Gasteiger partial charge is 0.0704 e. The summed E-state index contributed by atoms with van der Waals surface area (Å²) in [6.07, 6.45) is 2.73. The summed E-state index contributed by atoms with van der Waals surface area (Å²) in [5.74, 6) is 1.34. The van der Waals surface area contributed by atoms with Crippen LogP contribution in [0.4, 0.5) is 0 Å². The molecule has 0 nitrogen and oxygen atoms in total. The molecule has 0 saturated carbocycles. The second-order valence-corrected chi connectivity index (χ2v) is 5.87. The average Bonchev–Trinajstić information content (AvgIpc) is 1.69. The third kappa shape index (κ3) is 2.29. The Bertz CT molecular complexity index is 51.7. The lowest BCUT2D eigenvalue weighted by molar-refractivity contribution is 0.885. The molecular formula is C4H7BrS2. The summed E-state index contributed by atoms with van der Waals surface area (Å²) in [5.41, 5.74) is 0. The molecule has 0 aromatic rings. The maximum Gasteiger partial charge on any atom is 0.0704 e. The Kier molecular flexibility index (Phi) is 2.93. The van der Waals surface area contributed by atoms with Crippen LogP contribution in [0.1, 0.15) is 12.8 Å². The van der Waals surface area contributed by atoms with Gasteiger partial charge in [0.1, 0.15) is 0 Å². The first-order chi connectivity index (χ1) is 3.39. The molecule has 1 fully saturated rings. The zero-order valence-electron chi connectivity index (χ0n) is 3.89. The van der Waals surface area contributed by atoms with Crippen LogP contribution in [-0.4, -0.2) is 9.91 Å². The van der Waals surface area contributed by atoms with Gasteiger partial charge in [0, 0.05) is 5.75 Å². The molecule has 0 amide bonds. The summed E-state index contributed by atoms with van der Waals surface area (Å²) >= 11 is 3.53. The van der Waals surface area contributed by atoms with Crippen molar-refractivity contribution in [1.29, 1.82) is 0 Å². The van der Waals surface area contributed by atoms with Gasteiger partial charge in [-0.15, -0.1) is 0 Å². The first-order valence-electron chi connectivity index (χ1n) is 2.32. The molecule has 1 aliphatic heterocycles. The number of halogens is 1. The van der Waals surface area contributed by atoms with E-state index in [2.05, 4.69) is 15.9 Å². The van der Waals surface area contributed by atoms with E-state index in [9.17, 15) is 0 Å². The highest BCUT2D eigenvalue weighted by atomic mass is 79.9. The lowest BCUT2D eigenvalue weighted by atomic mass is 10.4. The van der Waals surface area contributed by atoms with E-state index in [-0.39, 0.29) is 0 Å². The van der Waals surface area contributed by atoms with E-state index < -0.39 is 0 Å². The van der Waals surface area contributed by atoms with Crippen molar-refractivity contribution in [2.75, 3.05) is 5.75 Å². The Labute approximate surface area is 60.3 Å². The van der Waals surface area contributed by atoms with Gasteiger partial charge in [0.15, 0.2) is 0 Å². The molecule has 1 rings (SSSR count). The van der Waals surface area contributed by atoms with Crippen molar-refractivity contribution < 1.29 is 0 Å². The van der Waals surface area contributed by atoms with Crippen LogP contribution in [0.3, 0.4) is 0 Å². The van der Waals surface area contributed by atoms with E-state index >= 15 is 0 Å². The minimum absolute atomic E-state index is 0.728. The van der Waals surface area contributed by atoms with Crippen LogP contribution in [0.15, 0.2) is 0 Å². The highest BCUT2D eigenvalue weighted by Crippen LogP contribution is 2.38. The van der Waals surface area contributed by atoms with E-state index in [1.54, 1.807) is 0 Å². The first kappa shape index (κ1) is 6.30. The van der Waals surface area contributed by atoms with Gasteiger partial charge in [0.05, 0.1) is 4.16 Å². The van der Waals surface area contributed by atoms with Crippen LogP contribution in [0, 0.1) is 0 Å². The molecule has 0 N–H and O–H groups in total.